The lowest BCUT2D eigenvalue weighted by Crippen LogP contribution is -2.22. The molecule has 3 aromatic rings. The highest BCUT2D eigenvalue weighted by atomic mass is 16.4. The van der Waals surface area contributed by atoms with Crippen molar-refractivity contribution >= 4 is 23.0 Å². The molecule has 0 saturated carbocycles. The Kier molecular flexibility index (Phi) is 3.57. The van der Waals surface area contributed by atoms with E-state index in [4.69, 9.17) is 9.52 Å². The zero-order valence-electron chi connectivity index (χ0n) is 11.4. The highest BCUT2D eigenvalue weighted by molar-refractivity contribution is 5.97. The van der Waals surface area contributed by atoms with Gasteiger partial charge in [-0.2, -0.15) is 0 Å². The molecule has 0 aliphatic heterocycles. The summed E-state index contributed by atoms with van der Waals surface area (Å²) >= 11 is 0. The monoisotopic (exact) mass is 296 g/mol. The number of rotatable bonds is 4. The van der Waals surface area contributed by atoms with Crippen LogP contribution in [-0.2, 0) is 6.54 Å². The van der Waals surface area contributed by atoms with Gasteiger partial charge in [0.15, 0.2) is 12.0 Å². The second-order valence-electron chi connectivity index (χ2n) is 4.72. The molecular weight excluding hydrogens is 284 g/mol. The highest BCUT2D eigenvalue weighted by Gasteiger charge is 2.09. The molecule has 0 fully saturated rings. The van der Waals surface area contributed by atoms with Gasteiger partial charge in [0.1, 0.15) is 5.52 Å². The Labute approximate surface area is 125 Å². The van der Waals surface area contributed by atoms with E-state index in [1.54, 1.807) is 30.3 Å². The maximum atomic E-state index is 12.1. The van der Waals surface area contributed by atoms with Crippen LogP contribution in [0.4, 0.5) is 0 Å². The van der Waals surface area contributed by atoms with Crippen molar-refractivity contribution in [1.29, 1.82) is 0 Å². The van der Waals surface area contributed by atoms with Crippen LogP contribution in [0.1, 0.15) is 26.3 Å². The number of carboxylic acid groups (broad SMARTS) is 1. The van der Waals surface area contributed by atoms with E-state index in [1.807, 2.05) is 0 Å². The number of aromatic nitrogens is 1. The van der Waals surface area contributed by atoms with E-state index in [0.29, 0.717) is 16.7 Å². The first-order valence-electron chi connectivity index (χ1n) is 6.57. The molecule has 2 aromatic carbocycles. The summed E-state index contributed by atoms with van der Waals surface area (Å²) in [6.45, 7) is 0.247. The Morgan fingerprint density at radius 2 is 2.00 bits per heavy atom. The number of hydrogen-bond donors (Lipinski definition) is 2. The molecule has 1 heterocycles. The Bertz CT molecular complexity index is 854. The van der Waals surface area contributed by atoms with Gasteiger partial charge in [0.2, 0.25) is 0 Å². The number of nitrogens with one attached hydrogen (secondary N) is 1. The predicted molar refractivity (Wildman–Crippen MR) is 78.6 cm³/mol. The number of benzene rings is 2. The van der Waals surface area contributed by atoms with Crippen LogP contribution in [0.3, 0.4) is 0 Å². The van der Waals surface area contributed by atoms with Gasteiger partial charge in [-0.05, 0) is 35.9 Å². The molecule has 0 radical (unpaired) electrons. The lowest BCUT2D eigenvalue weighted by Gasteiger charge is -2.06. The van der Waals surface area contributed by atoms with Crippen LogP contribution in [0.5, 0.6) is 0 Å². The number of hydrogen-bond acceptors (Lipinski definition) is 4. The van der Waals surface area contributed by atoms with Crippen LogP contribution in [0.15, 0.2) is 53.3 Å². The molecule has 0 spiro atoms. The van der Waals surface area contributed by atoms with Crippen LogP contribution < -0.4 is 5.32 Å². The lowest BCUT2D eigenvalue weighted by molar-refractivity contribution is 0.0696. The standard InChI is InChI=1S/C16H12N2O4/c19-15(11-4-5-14-13(7-11)18-9-22-14)17-8-10-2-1-3-12(6-10)16(20)21/h1-7,9H,8H2,(H,17,19)(H,20,21). The smallest absolute Gasteiger partial charge is 0.335 e. The first-order chi connectivity index (χ1) is 10.6. The van der Waals surface area contributed by atoms with Crippen molar-refractivity contribution in [1.82, 2.24) is 10.3 Å². The number of amides is 1. The second kappa shape index (κ2) is 5.69. The minimum atomic E-state index is -0.996. The molecule has 0 unspecified atom stereocenters. The Morgan fingerprint density at radius 1 is 1.14 bits per heavy atom. The first kappa shape index (κ1) is 13.8. The number of fused-ring (bicyclic) bond motifs is 1. The summed E-state index contributed by atoms with van der Waals surface area (Å²) < 4.78 is 5.12. The SMILES string of the molecule is O=C(O)c1cccc(CNC(=O)c2ccc3ocnc3c2)c1. The third kappa shape index (κ3) is 2.80. The van der Waals surface area contributed by atoms with Gasteiger partial charge in [-0.15, -0.1) is 0 Å². The Hall–Kier alpha value is -3.15. The van der Waals surface area contributed by atoms with E-state index >= 15 is 0 Å². The molecular formula is C16H12N2O4. The van der Waals surface area contributed by atoms with Crippen molar-refractivity contribution in [3.05, 3.63) is 65.5 Å². The van der Waals surface area contributed by atoms with Gasteiger partial charge >= 0.3 is 5.97 Å². The quantitative estimate of drug-likeness (QED) is 0.771. The molecule has 0 saturated heterocycles. The Morgan fingerprint density at radius 3 is 2.82 bits per heavy atom. The molecule has 3 rings (SSSR count). The minimum absolute atomic E-state index is 0.191. The maximum Gasteiger partial charge on any atom is 0.335 e. The molecule has 0 bridgehead atoms. The molecule has 22 heavy (non-hydrogen) atoms. The van der Waals surface area contributed by atoms with Crippen LogP contribution in [0, 0.1) is 0 Å². The molecule has 2 N–H and O–H groups in total. The summed E-state index contributed by atoms with van der Waals surface area (Å²) in [5.74, 6) is -1.25. The zero-order valence-corrected chi connectivity index (χ0v) is 11.4. The van der Waals surface area contributed by atoms with Crippen LogP contribution >= 0.6 is 0 Å². The van der Waals surface area contributed by atoms with Gasteiger partial charge < -0.3 is 14.8 Å². The molecule has 1 amide bonds. The maximum absolute atomic E-state index is 12.1. The number of nitrogens with zero attached hydrogens (tertiary/aromatic N) is 1. The molecule has 0 atom stereocenters. The number of carbonyl (C=O) groups excluding carboxylic acids is 1. The van der Waals surface area contributed by atoms with E-state index in [0.717, 1.165) is 5.56 Å². The largest absolute Gasteiger partial charge is 0.478 e. The van der Waals surface area contributed by atoms with Gasteiger partial charge in [0, 0.05) is 12.1 Å². The predicted octanol–water partition coefficient (Wildman–Crippen LogP) is 2.46. The number of oxazole rings is 1. The third-order valence-electron chi connectivity index (χ3n) is 3.22. The summed E-state index contributed by atoms with van der Waals surface area (Å²) in [6, 6.07) is 11.4. The van der Waals surface area contributed by atoms with Gasteiger partial charge in [0.25, 0.3) is 5.91 Å². The molecule has 6 nitrogen and oxygen atoms in total. The number of carbonyl (C=O) groups is 2. The van der Waals surface area contributed by atoms with E-state index in [-0.39, 0.29) is 18.0 Å². The van der Waals surface area contributed by atoms with E-state index in [1.165, 1.54) is 18.5 Å². The van der Waals surface area contributed by atoms with Gasteiger partial charge in [-0.3, -0.25) is 4.79 Å². The first-order valence-corrected chi connectivity index (χ1v) is 6.57. The molecule has 0 aliphatic rings. The van der Waals surface area contributed by atoms with Crippen molar-refractivity contribution in [2.45, 2.75) is 6.54 Å². The fourth-order valence-corrected chi connectivity index (χ4v) is 2.10. The zero-order chi connectivity index (χ0) is 15.5. The lowest BCUT2D eigenvalue weighted by atomic mass is 10.1. The summed E-state index contributed by atoms with van der Waals surface area (Å²) in [7, 11) is 0. The second-order valence-corrected chi connectivity index (χ2v) is 4.72. The molecule has 110 valence electrons. The van der Waals surface area contributed by atoms with Gasteiger partial charge in [0.05, 0.1) is 5.56 Å². The topological polar surface area (TPSA) is 92.4 Å². The van der Waals surface area contributed by atoms with Gasteiger partial charge in [-0.25, -0.2) is 9.78 Å². The van der Waals surface area contributed by atoms with E-state index in [9.17, 15) is 9.59 Å². The number of carboxylic acids is 1. The van der Waals surface area contributed by atoms with E-state index in [2.05, 4.69) is 10.3 Å². The fourth-order valence-electron chi connectivity index (χ4n) is 2.10. The minimum Gasteiger partial charge on any atom is -0.478 e. The summed E-state index contributed by atoms with van der Waals surface area (Å²) in [6.07, 6.45) is 1.32. The summed E-state index contributed by atoms with van der Waals surface area (Å²) in [4.78, 5) is 27.0. The normalized spacial score (nSPS) is 10.5. The summed E-state index contributed by atoms with van der Waals surface area (Å²) in [5, 5.41) is 11.7. The van der Waals surface area contributed by atoms with Crippen LogP contribution in [-0.4, -0.2) is 22.0 Å². The van der Waals surface area contributed by atoms with Gasteiger partial charge in [-0.1, -0.05) is 12.1 Å². The van der Waals surface area contributed by atoms with Crippen molar-refractivity contribution in [2.75, 3.05) is 0 Å². The van der Waals surface area contributed by atoms with Crippen molar-refractivity contribution in [2.24, 2.45) is 0 Å². The van der Waals surface area contributed by atoms with E-state index < -0.39 is 5.97 Å². The van der Waals surface area contributed by atoms with Crippen LogP contribution in [0.2, 0.25) is 0 Å². The van der Waals surface area contributed by atoms with Crippen molar-refractivity contribution in [3.63, 3.8) is 0 Å². The summed E-state index contributed by atoms with van der Waals surface area (Å²) in [5.41, 5.74) is 2.61. The molecule has 6 heteroatoms. The van der Waals surface area contributed by atoms with Crippen LogP contribution in [0.25, 0.3) is 11.1 Å². The molecule has 1 aromatic heterocycles. The Balaban J connectivity index is 1.71. The van der Waals surface area contributed by atoms with Crippen molar-refractivity contribution in [3.8, 4) is 0 Å². The van der Waals surface area contributed by atoms with Crippen molar-refractivity contribution < 1.29 is 19.1 Å². The fraction of sp³-hybridized carbons (Fsp3) is 0.0625. The third-order valence-corrected chi connectivity index (χ3v) is 3.22. The number of aromatic carboxylic acids is 1. The average molecular weight is 296 g/mol. The average Bonchev–Trinajstić information content (AvgIpc) is 3.00. The molecule has 0 aliphatic carbocycles. The highest BCUT2D eigenvalue weighted by Crippen LogP contribution is 2.14.